The monoisotopic (exact) mass is 457 g/mol. The molecule has 0 radical (unpaired) electrons. The van der Waals surface area contributed by atoms with E-state index in [9.17, 15) is 4.79 Å². The summed E-state index contributed by atoms with van der Waals surface area (Å²) in [6.07, 6.45) is 5.43. The van der Waals surface area contributed by atoms with Crippen molar-refractivity contribution in [3.05, 3.63) is 81.2 Å². The molecule has 4 aromatic rings. The highest BCUT2D eigenvalue weighted by molar-refractivity contribution is 7.15. The van der Waals surface area contributed by atoms with Crippen molar-refractivity contribution in [1.29, 1.82) is 5.26 Å². The van der Waals surface area contributed by atoms with E-state index in [1.165, 1.54) is 15.7 Å². The lowest BCUT2D eigenvalue weighted by molar-refractivity contribution is 0.256. The maximum atomic E-state index is 13.3. The van der Waals surface area contributed by atoms with Gasteiger partial charge < -0.3 is 9.47 Å². The summed E-state index contributed by atoms with van der Waals surface area (Å²) in [4.78, 5) is 18.7. The van der Waals surface area contributed by atoms with Crippen LogP contribution in [0.4, 0.5) is 0 Å². The van der Waals surface area contributed by atoms with Gasteiger partial charge in [0.1, 0.15) is 0 Å². The third-order valence-electron chi connectivity index (χ3n) is 5.01. The molecule has 0 saturated carbocycles. The fraction of sp³-hybridized carbons (Fsp3) is 0.192. The molecule has 0 N–H and O–H groups in total. The van der Waals surface area contributed by atoms with Crippen molar-refractivity contribution in [2.45, 2.75) is 13.8 Å². The molecular weight excluding hydrogens is 434 g/mol. The number of thiazole rings is 1. The molecule has 0 aliphatic carbocycles. The van der Waals surface area contributed by atoms with Crippen LogP contribution in [0.1, 0.15) is 30.7 Å². The number of fused-ring (bicyclic) bond motifs is 1. The minimum absolute atomic E-state index is 0.160. The van der Waals surface area contributed by atoms with Gasteiger partial charge in [-0.3, -0.25) is 9.20 Å². The lowest BCUT2D eigenvalue weighted by Crippen LogP contribution is -2.17. The zero-order chi connectivity index (χ0) is 23.4. The predicted octanol–water partition coefficient (Wildman–Crippen LogP) is 5.51. The molecule has 4 rings (SSSR count). The summed E-state index contributed by atoms with van der Waals surface area (Å²) in [6.45, 7) is 4.73. The van der Waals surface area contributed by atoms with E-state index in [1.807, 2.05) is 35.7 Å². The summed E-state index contributed by atoms with van der Waals surface area (Å²) < 4.78 is 13.1. The van der Waals surface area contributed by atoms with E-state index in [4.69, 9.17) is 19.7 Å². The van der Waals surface area contributed by atoms with E-state index in [0.717, 1.165) is 5.56 Å². The van der Waals surface area contributed by atoms with Crippen LogP contribution >= 0.6 is 11.3 Å². The summed E-state index contributed by atoms with van der Waals surface area (Å²) in [6, 6.07) is 14.7. The minimum Gasteiger partial charge on any atom is -0.493 e. The summed E-state index contributed by atoms with van der Waals surface area (Å²) in [5.41, 5.74) is 2.92. The molecule has 0 unspecified atom stereocenters. The van der Waals surface area contributed by atoms with Crippen LogP contribution in [-0.2, 0) is 0 Å². The quantitative estimate of drug-likeness (QED) is 0.366. The Morgan fingerprint density at radius 2 is 1.97 bits per heavy atom. The number of rotatable bonds is 7. The summed E-state index contributed by atoms with van der Waals surface area (Å²) in [5, 5.41) is 11.0. The molecule has 0 fully saturated rings. The van der Waals surface area contributed by atoms with Gasteiger partial charge in [-0.05, 0) is 41.8 Å². The maximum Gasteiger partial charge on any atom is 0.266 e. The van der Waals surface area contributed by atoms with Crippen molar-refractivity contribution < 1.29 is 9.47 Å². The van der Waals surface area contributed by atoms with Crippen LogP contribution in [0.2, 0.25) is 0 Å². The van der Waals surface area contributed by atoms with Crippen LogP contribution in [-0.4, -0.2) is 23.1 Å². The number of hydrogen-bond acceptors (Lipinski definition) is 6. The van der Waals surface area contributed by atoms with Crippen LogP contribution in [0.5, 0.6) is 11.5 Å². The number of ether oxygens (including phenoxy) is 2. The molecule has 0 atom stereocenters. The minimum atomic E-state index is -0.160. The average molecular weight is 458 g/mol. The third-order valence-corrected chi connectivity index (χ3v) is 5.76. The zero-order valence-electron chi connectivity index (χ0n) is 18.6. The Labute approximate surface area is 196 Å². The number of methoxy groups -OCH3 is 1. The first-order valence-electron chi connectivity index (χ1n) is 10.5. The topological polar surface area (TPSA) is 76.6 Å². The number of nitrogens with zero attached hydrogens (tertiary/aromatic N) is 3. The summed E-state index contributed by atoms with van der Waals surface area (Å²) in [5.74, 6) is 1.66. The van der Waals surface area contributed by atoms with Gasteiger partial charge in [-0.1, -0.05) is 38.1 Å². The molecule has 166 valence electrons. The highest BCUT2D eigenvalue weighted by Crippen LogP contribution is 2.33. The number of aromatic nitrogens is 2. The normalized spacial score (nSPS) is 11.2. The first kappa shape index (κ1) is 22.3. The summed E-state index contributed by atoms with van der Waals surface area (Å²) >= 11 is 1.40. The fourth-order valence-electron chi connectivity index (χ4n) is 3.40. The molecule has 0 amide bonds. The van der Waals surface area contributed by atoms with Crippen molar-refractivity contribution in [2.24, 2.45) is 5.92 Å². The molecule has 0 aliphatic rings. The average Bonchev–Trinajstić information content (AvgIpc) is 3.30. The van der Waals surface area contributed by atoms with Gasteiger partial charge >= 0.3 is 0 Å². The number of para-hydroxylation sites is 1. The highest BCUT2D eigenvalue weighted by Gasteiger charge is 2.15. The Balaban J connectivity index is 1.84. The molecule has 33 heavy (non-hydrogen) atoms. The van der Waals surface area contributed by atoms with E-state index in [2.05, 4.69) is 19.9 Å². The van der Waals surface area contributed by atoms with Crippen LogP contribution < -0.4 is 15.0 Å². The Bertz CT molecular complexity index is 1410. The maximum absolute atomic E-state index is 13.3. The van der Waals surface area contributed by atoms with Crippen LogP contribution in [0.3, 0.4) is 0 Å². The van der Waals surface area contributed by atoms with Gasteiger partial charge in [0.05, 0.1) is 36.6 Å². The van der Waals surface area contributed by atoms with E-state index in [1.54, 1.807) is 37.6 Å². The second-order valence-corrected chi connectivity index (χ2v) is 8.71. The first-order chi connectivity index (χ1) is 16.0. The van der Waals surface area contributed by atoms with Gasteiger partial charge in [-0.25, -0.2) is 4.98 Å². The molecule has 6 nitrogen and oxygen atoms in total. The van der Waals surface area contributed by atoms with E-state index < -0.39 is 0 Å². The smallest absolute Gasteiger partial charge is 0.266 e. The standard InChI is InChI=1S/C26H23N3O3S/c1-17(2)16-32-24-20(5-4-6-22(24)31-3)11-12-21-23(19-9-7-18(15-27)8-10-19)25(30)29-13-14-33-26(29)28-21/h4-14,17H,16H2,1-3H3. The molecule has 0 bridgehead atoms. The van der Waals surface area contributed by atoms with Gasteiger partial charge in [-0.15, -0.1) is 11.3 Å². The summed E-state index contributed by atoms with van der Waals surface area (Å²) in [7, 11) is 1.61. The number of nitriles is 1. The number of benzene rings is 2. The Hall–Kier alpha value is -3.89. The predicted molar refractivity (Wildman–Crippen MR) is 132 cm³/mol. The van der Waals surface area contributed by atoms with Crippen LogP contribution in [0.15, 0.2) is 58.8 Å². The van der Waals surface area contributed by atoms with Gasteiger partial charge in [0.2, 0.25) is 0 Å². The SMILES string of the molecule is COc1cccc(C=Cc2nc3sccn3c(=O)c2-c2ccc(C#N)cc2)c1OCC(C)C. The zero-order valence-corrected chi connectivity index (χ0v) is 19.4. The molecular formula is C26H23N3O3S. The van der Waals surface area contributed by atoms with E-state index in [-0.39, 0.29) is 5.56 Å². The van der Waals surface area contributed by atoms with Gasteiger partial charge in [0.15, 0.2) is 16.5 Å². The van der Waals surface area contributed by atoms with Crippen molar-refractivity contribution in [1.82, 2.24) is 9.38 Å². The van der Waals surface area contributed by atoms with Crippen LogP contribution in [0.25, 0.3) is 28.2 Å². The van der Waals surface area contributed by atoms with Crippen molar-refractivity contribution >= 4 is 28.4 Å². The molecule has 2 aromatic heterocycles. The van der Waals surface area contributed by atoms with Gasteiger partial charge in [-0.2, -0.15) is 5.26 Å². The van der Waals surface area contributed by atoms with Crippen molar-refractivity contribution in [3.63, 3.8) is 0 Å². The third kappa shape index (κ3) is 4.66. The molecule has 0 spiro atoms. The Morgan fingerprint density at radius 1 is 1.18 bits per heavy atom. The Kier molecular flexibility index (Phi) is 6.57. The largest absolute Gasteiger partial charge is 0.493 e. The lowest BCUT2D eigenvalue weighted by atomic mass is 10.0. The molecule has 2 heterocycles. The first-order valence-corrected chi connectivity index (χ1v) is 11.4. The highest BCUT2D eigenvalue weighted by atomic mass is 32.1. The van der Waals surface area contributed by atoms with Crippen molar-refractivity contribution in [3.8, 4) is 28.7 Å². The van der Waals surface area contributed by atoms with Gasteiger partial charge in [0.25, 0.3) is 5.56 Å². The molecule has 7 heteroatoms. The fourth-order valence-corrected chi connectivity index (χ4v) is 4.11. The van der Waals surface area contributed by atoms with E-state index in [0.29, 0.717) is 51.4 Å². The van der Waals surface area contributed by atoms with Crippen LogP contribution in [0, 0.1) is 17.2 Å². The lowest BCUT2D eigenvalue weighted by Gasteiger charge is -2.15. The second-order valence-electron chi connectivity index (χ2n) is 7.84. The number of hydrogen-bond donors (Lipinski definition) is 0. The molecule has 0 aliphatic heterocycles. The van der Waals surface area contributed by atoms with Crippen molar-refractivity contribution in [2.75, 3.05) is 13.7 Å². The second kappa shape index (κ2) is 9.72. The van der Waals surface area contributed by atoms with E-state index >= 15 is 0 Å². The van der Waals surface area contributed by atoms with Gasteiger partial charge in [0, 0.05) is 17.1 Å². The Morgan fingerprint density at radius 3 is 2.67 bits per heavy atom. The molecule has 0 saturated heterocycles. The molecule has 2 aromatic carbocycles.